The van der Waals surface area contributed by atoms with E-state index in [0.717, 1.165) is 5.65 Å². The van der Waals surface area contributed by atoms with Gasteiger partial charge in [-0.15, -0.1) is 0 Å². The zero-order valence-electron chi connectivity index (χ0n) is 10.7. The number of aromatic nitrogens is 4. The van der Waals surface area contributed by atoms with E-state index in [0.29, 0.717) is 24.5 Å². The molecule has 18 heavy (non-hydrogen) atoms. The Labute approximate surface area is 106 Å². The van der Waals surface area contributed by atoms with E-state index < -0.39 is 0 Å². The van der Waals surface area contributed by atoms with E-state index in [1.54, 1.807) is 6.33 Å². The van der Waals surface area contributed by atoms with Crippen LogP contribution in [0.4, 0.5) is 5.82 Å². The van der Waals surface area contributed by atoms with Crippen molar-refractivity contribution in [2.45, 2.75) is 26.5 Å². The highest BCUT2D eigenvalue weighted by atomic mass is 16.5. The molecule has 0 saturated carbocycles. The molecule has 0 unspecified atom stereocenters. The highest BCUT2D eigenvalue weighted by Gasteiger charge is 2.11. The lowest BCUT2D eigenvalue weighted by molar-refractivity contribution is 0.0421. The summed E-state index contributed by atoms with van der Waals surface area (Å²) in [4.78, 5) is 12.3. The van der Waals surface area contributed by atoms with Crippen LogP contribution >= 0.6 is 0 Å². The maximum absolute atomic E-state index is 5.73. The Morgan fingerprint density at radius 3 is 2.89 bits per heavy atom. The number of ether oxygens (including phenoxy) is 1. The van der Waals surface area contributed by atoms with Gasteiger partial charge in [-0.1, -0.05) is 6.92 Å². The smallest absolute Gasteiger partial charge is 0.165 e. The van der Waals surface area contributed by atoms with Gasteiger partial charge in [-0.25, -0.2) is 15.0 Å². The van der Waals surface area contributed by atoms with E-state index in [1.165, 1.54) is 6.33 Å². The van der Waals surface area contributed by atoms with Gasteiger partial charge in [0.05, 0.1) is 19.0 Å². The maximum Gasteiger partial charge on any atom is 0.165 e. The van der Waals surface area contributed by atoms with E-state index in [-0.39, 0.29) is 12.0 Å². The minimum Gasteiger partial charge on any atom is -0.382 e. The number of hydrogen-bond donors (Lipinski definition) is 1. The van der Waals surface area contributed by atoms with Gasteiger partial charge in [0, 0.05) is 6.61 Å². The Hall–Kier alpha value is -1.69. The molecular formula is C12H18N5O. The van der Waals surface area contributed by atoms with Crippen LogP contribution in [0.2, 0.25) is 0 Å². The van der Waals surface area contributed by atoms with Gasteiger partial charge in [0.1, 0.15) is 11.8 Å². The fourth-order valence-corrected chi connectivity index (χ4v) is 1.69. The van der Waals surface area contributed by atoms with Crippen LogP contribution in [0.3, 0.4) is 0 Å². The zero-order valence-corrected chi connectivity index (χ0v) is 10.7. The minimum atomic E-state index is 0.0720. The molecule has 0 bridgehead atoms. The zero-order chi connectivity index (χ0) is 13.1. The topological polar surface area (TPSA) is 78.9 Å². The average Bonchev–Trinajstić information content (AvgIpc) is 2.72. The Morgan fingerprint density at radius 2 is 2.17 bits per heavy atom. The van der Waals surface area contributed by atoms with Crippen molar-refractivity contribution < 1.29 is 4.74 Å². The molecule has 0 fully saturated rings. The normalized spacial score (nSPS) is 13.3. The first-order valence-corrected chi connectivity index (χ1v) is 5.94. The third-order valence-corrected chi connectivity index (χ3v) is 2.55. The second-order valence-corrected chi connectivity index (χ2v) is 4.58. The number of nitrogen functional groups attached to an aromatic ring is 1. The van der Waals surface area contributed by atoms with E-state index in [9.17, 15) is 0 Å². The molecule has 1 radical (unpaired) electrons. The summed E-state index contributed by atoms with van der Waals surface area (Å²) in [5.74, 6) is 0.684. The van der Waals surface area contributed by atoms with Crippen molar-refractivity contribution in [3.8, 4) is 0 Å². The molecule has 0 amide bonds. The van der Waals surface area contributed by atoms with Gasteiger partial charge in [-0.05, 0) is 19.8 Å². The summed E-state index contributed by atoms with van der Waals surface area (Å²) in [6.07, 6.45) is 3.23. The highest BCUT2D eigenvalue weighted by Crippen LogP contribution is 2.15. The van der Waals surface area contributed by atoms with Crippen molar-refractivity contribution in [3.63, 3.8) is 0 Å². The standard InChI is InChI=1S/C12H18N5O/c1-8(2)5-18-9(3)4-17-7-16-10-11(13)14-6-15-12(10)17/h6-9H,1,4-5H2,2-3H3,(H2,13,14,15)/t8-,9-/m1/s1. The first-order valence-electron chi connectivity index (χ1n) is 5.94. The van der Waals surface area contributed by atoms with Crippen LogP contribution in [-0.4, -0.2) is 32.2 Å². The molecule has 6 nitrogen and oxygen atoms in total. The fraction of sp³-hybridized carbons (Fsp3) is 0.500. The molecule has 0 aliphatic carbocycles. The third kappa shape index (κ3) is 2.76. The van der Waals surface area contributed by atoms with Crippen molar-refractivity contribution in [2.24, 2.45) is 5.92 Å². The molecular weight excluding hydrogens is 230 g/mol. The molecule has 97 valence electrons. The van der Waals surface area contributed by atoms with Gasteiger partial charge in [-0.3, -0.25) is 0 Å². The summed E-state index contributed by atoms with van der Waals surface area (Å²) < 4.78 is 7.59. The highest BCUT2D eigenvalue weighted by molar-refractivity contribution is 5.81. The lowest BCUT2D eigenvalue weighted by atomic mass is 10.2. The first-order chi connectivity index (χ1) is 8.58. The minimum absolute atomic E-state index is 0.0720. The lowest BCUT2D eigenvalue weighted by Crippen LogP contribution is -2.19. The number of nitrogens with zero attached hydrogens (tertiary/aromatic N) is 4. The number of hydrogen-bond acceptors (Lipinski definition) is 5. The van der Waals surface area contributed by atoms with Crippen molar-refractivity contribution >= 4 is 17.0 Å². The van der Waals surface area contributed by atoms with Crippen LogP contribution in [0.15, 0.2) is 12.7 Å². The summed E-state index contributed by atoms with van der Waals surface area (Å²) in [7, 11) is 0. The molecule has 0 aliphatic heterocycles. The van der Waals surface area contributed by atoms with Gasteiger partial charge in [0.15, 0.2) is 11.5 Å². The van der Waals surface area contributed by atoms with Gasteiger partial charge < -0.3 is 15.0 Å². The van der Waals surface area contributed by atoms with E-state index >= 15 is 0 Å². The van der Waals surface area contributed by atoms with Gasteiger partial charge in [0.2, 0.25) is 0 Å². The van der Waals surface area contributed by atoms with E-state index in [4.69, 9.17) is 10.5 Å². The predicted octanol–water partition coefficient (Wildman–Crippen LogP) is 1.28. The molecule has 0 aliphatic rings. The summed E-state index contributed by atoms with van der Waals surface area (Å²) >= 11 is 0. The van der Waals surface area contributed by atoms with Crippen molar-refractivity contribution in [1.82, 2.24) is 19.5 Å². The SMILES string of the molecule is [CH2][C@H](C)CO[C@H](C)Cn1cnc2c(N)ncnc21. The molecule has 2 aromatic heterocycles. The molecule has 0 aromatic carbocycles. The van der Waals surface area contributed by atoms with Crippen LogP contribution in [0.1, 0.15) is 13.8 Å². The largest absolute Gasteiger partial charge is 0.382 e. The third-order valence-electron chi connectivity index (χ3n) is 2.55. The molecule has 6 heteroatoms. The molecule has 2 N–H and O–H groups in total. The second-order valence-electron chi connectivity index (χ2n) is 4.58. The molecule has 2 atom stereocenters. The molecule has 0 saturated heterocycles. The van der Waals surface area contributed by atoms with Gasteiger partial charge >= 0.3 is 0 Å². The summed E-state index contributed by atoms with van der Waals surface area (Å²) in [6, 6.07) is 0. The lowest BCUT2D eigenvalue weighted by Gasteiger charge is -2.15. The fourth-order valence-electron chi connectivity index (χ4n) is 1.69. The van der Waals surface area contributed by atoms with E-state index in [2.05, 4.69) is 21.9 Å². The Morgan fingerprint density at radius 1 is 1.39 bits per heavy atom. The van der Waals surface area contributed by atoms with Gasteiger partial charge in [-0.2, -0.15) is 0 Å². The van der Waals surface area contributed by atoms with Crippen molar-refractivity contribution in [2.75, 3.05) is 12.3 Å². The van der Waals surface area contributed by atoms with Crippen LogP contribution in [0.25, 0.3) is 11.2 Å². The average molecular weight is 248 g/mol. The second kappa shape index (κ2) is 5.30. The number of nitrogens with two attached hydrogens (primary N) is 1. The number of fused-ring (bicyclic) bond motifs is 1. The molecule has 2 heterocycles. The van der Waals surface area contributed by atoms with Crippen LogP contribution in [0, 0.1) is 12.8 Å². The van der Waals surface area contributed by atoms with Crippen molar-refractivity contribution in [1.29, 1.82) is 0 Å². The maximum atomic E-state index is 5.73. The quantitative estimate of drug-likeness (QED) is 0.862. The molecule has 2 rings (SSSR count). The van der Waals surface area contributed by atoms with Crippen LogP contribution in [0.5, 0.6) is 0 Å². The Balaban J connectivity index is 2.10. The van der Waals surface area contributed by atoms with Gasteiger partial charge in [0.25, 0.3) is 0 Å². The molecule has 0 spiro atoms. The van der Waals surface area contributed by atoms with Crippen LogP contribution < -0.4 is 5.73 Å². The summed E-state index contributed by atoms with van der Waals surface area (Å²) in [6.45, 7) is 9.25. The summed E-state index contributed by atoms with van der Waals surface area (Å²) in [5, 5.41) is 0. The van der Waals surface area contributed by atoms with Crippen molar-refractivity contribution in [3.05, 3.63) is 19.6 Å². The predicted molar refractivity (Wildman–Crippen MR) is 69.7 cm³/mol. The van der Waals surface area contributed by atoms with E-state index in [1.807, 2.05) is 18.4 Å². The number of imidazole rings is 1. The van der Waals surface area contributed by atoms with Crippen LogP contribution in [-0.2, 0) is 11.3 Å². The monoisotopic (exact) mass is 248 g/mol. The Kier molecular flexibility index (Phi) is 3.76. The number of anilines is 1. The molecule has 2 aromatic rings. The summed E-state index contributed by atoms with van der Waals surface area (Å²) in [5.41, 5.74) is 7.10. The number of rotatable bonds is 5. The Bertz CT molecular complexity index is 522. The first kappa shape index (κ1) is 12.8.